The van der Waals surface area contributed by atoms with Gasteiger partial charge in [-0.1, -0.05) is 106 Å². The fourth-order valence-electron chi connectivity index (χ4n) is 17.2. The predicted molar refractivity (Wildman–Crippen MR) is 481 cm³/mol. The zero-order valence-electron chi connectivity index (χ0n) is 74.9. The van der Waals surface area contributed by atoms with Gasteiger partial charge in [0, 0.05) is 100 Å². The van der Waals surface area contributed by atoms with Gasteiger partial charge < -0.3 is 115 Å². The van der Waals surface area contributed by atoms with Gasteiger partial charge in [-0.3, -0.25) is 81.5 Å². The number of nitrogens with one attached hydrogen (secondary N) is 12. The van der Waals surface area contributed by atoms with Gasteiger partial charge in [0.25, 0.3) is 0 Å². The molecule has 2 saturated heterocycles. The molecule has 0 radical (unpaired) electrons. The first kappa shape index (κ1) is 101. The Morgan fingerprint density at radius 1 is 0.619 bits per heavy atom. The third kappa shape index (κ3) is 25.0. The van der Waals surface area contributed by atoms with Crippen LogP contribution in [0.5, 0.6) is 5.75 Å². The summed E-state index contributed by atoms with van der Waals surface area (Å²) >= 11 is 0.775. The Morgan fingerprint density at radius 2 is 1.27 bits per heavy atom. The number of imidazole rings is 1. The number of hydrogen-bond acceptors (Lipinski definition) is 25. The number of unbranched alkanes of at least 4 members (excludes halogenated alkanes) is 1. The zero-order valence-corrected chi connectivity index (χ0v) is 75.7. The van der Waals surface area contributed by atoms with Gasteiger partial charge in [-0.15, -0.1) is 16.9 Å². The molecule has 1 unspecified atom stereocenters. The lowest BCUT2D eigenvalue weighted by atomic mass is 9.97. The maximum atomic E-state index is 15.9. The summed E-state index contributed by atoms with van der Waals surface area (Å²) in [5, 5.41) is 84.5. The van der Waals surface area contributed by atoms with Crippen LogP contribution in [0.3, 0.4) is 0 Å². The van der Waals surface area contributed by atoms with Crippen molar-refractivity contribution in [3.63, 3.8) is 0 Å². The number of fused-ring (bicyclic) bond motifs is 5. The van der Waals surface area contributed by atoms with Crippen molar-refractivity contribution in [3.8, 4) is 5.75 Å². The Kier molecular flexibility index (Phi) is 34.5. The number of carbonyl (C=O) groups is 17. The lowest BCUT2D eigenvalue weighted by Crippen LogP contribution is -2.60. The number of H-pyrrole nitrogens is 2. The predicted octanol–water partition coefficient (Wildman–Crippen LogP) is -2.61. The highest BCUT2D eigenvalue weighted by molar-refractivity contribution is 8.00. The second kappa shape index (κ2) is 45.9. The number of aliphatic hydroxyl groups is 2. The number of carboxylic acid groups (broad SMARTS) is 1. The summed E-state index contributed by atoms with van der Waals surface area (Å²) in [6, 6.07) is 4.48. The Balaban J connectivity index is 0.954. The first-order valence-corrected chi connectivity index (χ1v) is 45.5. The van der Waals surface area contributed by atoms with Crippen molar-refractivity contribution in [1.82, 2.24) is 108 Å². The number of para-hydroxylation sites is 1. The molecule has 16 atom stereocenters. The number of carbonyl (C=O) groups excluding carboxylic acids is 16. The summed E-state index contributed by atoms with van der Waals surface area (Å²) in [6.07, 6.45) is 1.01. The van der Waals surface area contributed by atoms with Crippen molar-refractivity contribution < 1.29 is 102 Å². The minimum atomic E-state index is -1.93. The fourth-order valence-corrected chi connectivity index (χ4v) is 18.1. The van der Waals surface area contributed by atoms with Gasteiger partial charge >= 0.3 is 5.97 Å². The second-order valence-electron chi connectivity index (χ2n) is 34.1. The molecular weight excluding hydrogens is 1760 g/mol. The van der Waals surface area contributed by atoms with Gasteiger partial charge in [0.1, 0.15) is 83.8 Å². The summed E-state index contributed by atoms with van der Waals surface area (Å²) in [4.78, 5) is 261. The van der Waals surface area contributed by atoms with E-state index >= 15 is 33.6 Å². The number of carboxylic acids is 1. The van der Waals surface area contributed by atoms with Crippen LogP contribution in [0.15, 0.2) is 110 Å². The molecule has 11 rings (SSSR count). The Hall–Kier alpha value is -14.0. The van der Waals surface area contributed by atoms with E-state index in [1.165, 1.54) is 74.3 Å². The summed E-state index contributed by atoms with van der Waals surface area (Å²) in [7, 11) is 2.62. The molecule has 20 N–H and O–H groups in total. The highest BCUT2D eigenvalue weighted by atomic mass is 32.2. The third-order valence-electron chi connectivity index (χ3n) is 24.7. The van der Waals surface area contributed by atoms with E-state index in [2.05, 4.69) is 83.6 Å². The molecule has 3 fully saturated rings. The van der Waals surface area contributed by atoms with Crippen LogP contribution < -0.4 is 64.6 Å². The number of thioether (sulfide) groups is 1. The van der Waals surface area contributed by atoms with Gasteiger partial charge in [0.15, 0.2) is 5.82 Å². The number of likely N-dealkylation sites (N-methyl/N-ethyl adjacent to an activating group) is 2. The lowest BCUT2D eigenvalue weighted by Gasteiger charge is -2.33. The van der Waals surface area contributed by atoms with Crippen LogP contribution in [0, 0.1) is 5.92 Å². The number of nitrogens with two attached hydrogens (primary N) is 2. The molecule has 7 aromatic rings. The molecule has 1 spiro atoms. The fraction of sp³-hybridized carbons (Fsp3) is 0.494. The first-order valence-electron chi connectivity index (χ1n) is 44.4. The number of aromatic amines is 2. The number of aromatic nitrogens is 7. The molecule has 0 bridgehead atoms. The highest BCUT2D eigenvalue weighted by Crippen LogP contribution is 2.52. The molecule has 1 saturated carbocycles. The average Bonchev–Trinajstić information content (AvgIpc) is 1.56. The molecule has 4 aliphatic rings. The Morgan fingerprint density at radius 3 is 1.96 bits per heavy atom. The molecule has 134 heavy (non-hydrogen) atoms. The number of aromatic hydroxyl groups is 1. The standard InChI is InChI=1S/C89H115N23O21S/c1-7-9-23-69-87(132)109(6)89(38-53(89)16-8-2)88(133)96-47(3)76(121)104-67(78(123)94-41-72(91)117)44-134-45-73(118)97-64(32-49-25-27-55(114)28-26-49)84(129)108(5)48(4)77(122)102-65(37-74(119)120)86(131)110-31-15-24-68(110)82(127)101-63(35-54-40-92-46-95-54)80(125)98-60(29-30-71(90)116)85(130)111-42-56(115)36-70(111)83(128)100-62(34-52-39-93-59-22-13-12-21-58(52)59)79(124)103-66(43-113)81(126)99-61(75-105-106-107-112(69)75)33-51-19-14-18-50-17-10-11-20-57(50)51/h10-14,17-22,25-28,39-40,46-48,53,56,60-70,93,113-115H,7-9,15-16,23-24,29-38,41-45H2,1-6H3,(H2,90,116)(H2,91,117)(H,92,95)(H,94,123)(H,96,133)(H,97,118)(H,98,125)(H,99,126)(H,100,128)(H,101,127)(H,102,122)(H,103,124)(H,104,121)(H,119,120)/t47-,48-,53+,56+,60-,61-,62-,63-,64-,65-,66-,67-,68-,69-,70-,89?/m0/s1. The molecule has 16 amide bonds. The molecule has 3 aliphatic heterocycles. The number of rotatable bonds is 22. The maximum Gasteiger partial charge on any atom is 0.305 e. The van der Waals surface area contributed by atoms with Crippen LogP contribution in [0.1, 0.15) is 145 Å². The number of phenolic OH excluding ortho intramolecular Hbond substituents is 1. The van der Waals surface area contributed by atoms with Crippen molar-refractivity contribution in [1.29, 1.82) is 0 Å². The van der Waals surface area contributed by atoms with Crippen LogP contribution in [0.2, 0.25) is 0 Å². The van der Waals surface area contributed by atoms with Gasteiger partial charge in [0.05, 0.1) is 43.8 Å². The smallest absolute Gasteiger partial charge is 0.305 e. The first-order chi connectivity index (χ1) is 64.0. The maximum absolute atomic E-state index is 15.9. The number of phenols is 1. The minimum Gasteiger partial charge on any atom is -0.508 e. The molecule has 1 aliphatic carbocycles. The van der Waals surface area contributed by atoms with E-state index in [9.17, 15) is 68.4 Å². The lowest BCUT2D eigenvalue weighted by molar-refractivity contribution is -0.147. The minimum absolute atomic E-state index is 0.0464. The number of benzene rings is 4. The number of hydrogen-bond donors (Lipinski definition) is 18. The molecule has 44 nitrogen and oxygen atoms in total. The quantitative estimate of drug-likeness (QED) is 0.0331. The summed E-state index contributed by atoms with van der Waals surface area (Å²) < 4.78 is 1.24. The number of aliphatic hydroxyl groups excluding tert-OH is 2. The van der Waals surface area contributed by atoms with Gasteiger partial charge in [-0.25, -0.2) is 9.67 Å². The number of tetrazole rings is 1. The summed E-state index contributed by atoms with van der Waals surface area (Å²) in [6.45, 7) is 3.77. The Labute approximate surface area is 773 Å². The number of amides is 16. The van der Waals surface area contributed by atoms with Crippen LogP contribution >= 0.6 is 11.8 Å². The number of aliphatic carboxylic acids is 1. The second-order valence-corrected chi connectivity index (χ2v) is 35.2. The molecule has 6 heterocycles. The van der Waals surface area contributed by atoms with Gasteiger partial charge in [-0.2, -0.15) is 0 Å². The van der Waals surface area contributed by atoms with Crippen molar-refractivity contribution >= 4 is 134 Å². The summed E-state index contributed by atoms with van der Waals surface area (Å²) in [5.74, 6) is -18.7. The molecule has 4 aromatic carbocycles. The zero-order chi connectivity index (χ0) is 96.9. The van der Waals surface area contributed by atoms with Crippen LogP contribution in [-0.2, 0) is 107 Å². The number of nitrogens with zero attached hydrogens (tertiary/aromatic N) is 9. The van der Waals surface area contributed by atoms with Gasteiger partial charge in [-0.05, 0) is 114 Å². The molecular formula is C89H115N23O21S. The summed E-state index contributed by atoms with van der Waals surface area (Å²) in [5.41, 5.74) is 11.8. The van der Waals surface area contributed by atoms with E-state index < -0.39 is 260 Å². The molecule has 45 heteroatoms. The van der Waals surface area contributed by atoms with Crippen LogP contribution in [0.25, 0.3) is 21.7 Å². The molecule has 3 aromatic heterocycles. The largest absolute Gasteiger partial charge is 0.508 e. The van der Waals surface area contributed by atoms with E-state index in [1.54, 1.807) is 48.7 Å². The number of primary amides is 2. The van der Waals surface area contributed by atoms with Crippen LogP contribution in [-0.4, -0.2) is 306 Å². The van der Waals surface area contributed by atoms with Crippen molar-refractivity contribution in [2.75, 3.05) is 51.8 Å². The van der Waals surface area contributed by atoms with E-state index in [-0.39, 0.29) is 68.8 Å². The van der Waals surface area contributed by atoms with Gasteiger partial charge in [0.2, 0.25) is 94.5 Å². The van der Waals surface area contributed by atoms with E-state index in [1.807, 2.05) is 38.1 Å². The van der Waals surface area contributed by atoms with Crippen molar-refractivity contribution in [3.05, 3.63) is 138 Å². The van der Waals surface area contributed by atoms with Crippen molar-refractivity contribution in [2.45, 2.75) is 221 Å². The van der Waals surface area contributed by atoms with Crippen molar-refractivity contribution in [2.24, 2.45) is 17.4 Å². The monoisotopic (exact) mass is 1870 g/mol. The van der Waals surface area contributed by atoms with E-state index in [4.69, 9.17) is 11.5 Å². The van der Waals surface area contributed by atoms with E-state index in [0.717, 1.165) is 37.2 Å². The van der Waals surface area contributed by atoms with Crippen LogP contribution in [0.4, 0.5) is 0 Å². The highest BCUT2D eigenvalue weighted by Gasteiger charge is 2.64. The Bertz CT molecular complexity index is 5480. The average molecular weight is 1880 g/mol. The van der Waals surface area contributed by atoms with E-state index in [0.29, 0.717) is 53.3 Å². The topological polar surface area (TPSA) is 644 Å². The molecule has 718 valence electrons. The third-order valence-corrected chi connectivity index (χ3v) is 25.7. The SMILES string of the molecule is CCCC[C@H]1C(=O)N(C)C2(C[C@H]2CCC)C(=O)N[C@@H](C)C(=O)N[C@H](C(=O)NCC(N)=O)CSCC(=O)N[C@@H](Cc2ccc(O)cc2)C(=O)N(C)[C@@H](C)C(=O)N[C@@H](CC(=O)O)C(=O)N2CCC[C@H]2C(=O)N[C@@H](Cc2cnc[nH]2)C(=O)N[C@@H](CCC(N)=O)C(=O)N2C[C@H](O)C[C@H]2C(=O)N[C@@H](Cc2c[nH]c3ccccc23)C(=O)N[C@@H](CO)C(=O)N[C@@H](Cc2cccc3ccccc23)c2nnnn21. The normalized spacial score (nSPS) is 26.0.